The molecule has 0 saturated heterocycles. The van der Waals surface area contributed by atoms with Crippen LogP contribution in [0.4, 0.5) is 10.1 Å². The van der Waals surface area contributed by atoms with Crippen LogP contribution >= 0.6 is 0 Å². The van der Waals surface area contributed by atoms with Crippen molar-refractivity contribution in [2.75, 3.05) is 5.32 Å². The van der Waals surface area contributed by atoms with Crippen LogP contribution < -0.4 is 5.32 Å². The molecule has 2 aromatic heterocycles. The number of aromatic nitrogens is 4. The summed E-state index contributed by atoms with van der Waals surface area (Å²) in [5, 5.41) is 2.97. The first-order valence-corrected chi connectivity index (χ1v) is 11.2. The summed E-state index contributed by atoms with van der Waals surface area (Å²) >= 11 is 0. The van der Waals surface area contributed by atoms with Gasteiger partial charge in [-0.25, -0.2) is 14.4 Å². The first-order valence-electron chi connectivity index (χ1n) is 11.2. The number of hydrogen-bond donors (Lipinski definition) is 1. The largest absolute Gasteiger partial charge is 0.331 e. The van der Waals surface area contributed by atoms with Gasteiger partial charge >= 0.3 is 0 Å². The van der Waals surface area contributed by atoms with Gasteiger partial charge in [-0.1, -0.05) is 19.1 Å². The molecule has 1 amide bonds. The van der Waals surface area contributed by atoms with Gasteiger partial charge in [0.25, 0.3) is 5.91 Å². The zero-order valence-corrected chi connectivity index (χ0v) is 19.0. The molecule has 0 aliphatic heterocycles. The lowest BCUT2D eigenvalue weighted by Crippen LogP contribution is -2.12. The Hall–Kier alpha value is -4.26. The second kappa shape index (κ2) is 8.94. The van der Waals surface area contributed by atoms with Crippen LogP contribution in [0.3, 0.4) is 0 Å². The maximum absolute atomic E-state index is 13.4. The van der Waals surface area contributed by atoms with Crippen LogP contribution in [-0.4, -0.2) is 25.0 Å². The van der Waals surface area contributed by atoms with E-state index in [0.29, 0.717) is 5.56 Å². The quantitative estimate of drug-likeness (QED) is 0.368. The van der Waals surface area contributed by atoms with Gasteiger partial charge in [0.1, 0.15) is 17.5 Å². The average molecular weight is 454 g/mol. The van der Waals surface area contributed by atoms with Crippen molar-refractivity contribution in [3.05, 3.63) is 108 Å². The van der Waals surface area contributed by atoms with Crippen LogP contribution in [-0.2, 0) is 13.0 Å². The molecule has 0 fully saturated rings. The van der Waals surface area contributed by atoms with Gasteiger partial charge in [-0.2, -0.15) is 0 Å². The minimum absolute atomic E-state index is 0.206. The molecule has 0 aliphatic rings. The summed E-state index contributed by atoms with van der Waals surface area (Å²) < 4.78 is 17.4. The van der Waals surface area contributed by atoms with Crippen molar-refractivity contribution >= 4 is 22.6 Å². The standard InChI is InChI=1S/C27H24FN5O/c1-3-26-29-14-15-32(26)17-19-4-9-22(10-5-19)31-27(34)20-6-13-24-25(16-20)33(18(2)30-24)23-11-7-21(28)8-12-23/h4-16H,3,17H2,1-2H3,(H,31,34). The average Bonchev–Trinajstić information content (AvgIpc) is 3.43. The highest BCUT2D eigenvalue weighted by Crippen LogP contribution is 2.23. The predicted molar refractivity (Wildman–Crippen MR) is 131 cm³/mol. The summed E-state index contributed by atoms with van der Waals surface area (Å²) in [6, 6.07) is 19.5. The van der Waals surface area contributed by atoms with E-state index in [9.17, 15) is 9.18 Å². The fourth-order valence-corrected chi connectivity index (χ4v) is 4.14. The van der Waals surface area contributed by atoms with E-state index in [1.54, 1.807) is 18.2 Å². The summed E-state index contributed by atoms with van der Waals surface area (Å²) in [4.78, 5) is 21.9. The number of aryl methyl sites for hydroxylation is 2. The number of fused-ring (bicyclic) bond motifs is 1. The Morgan fingerprint density at radius 2 is 1.79 bits per heavy atom. The zero-order valence-electron chi connectivity index (χ0n) is 19.0. The van der Waals surface area contributed by atoms with Gasteiger partial charge < -0.3 is 9.88 Å². The number of amides is 1. The van der Waals surface area contributed by atoms with Gasteiger partial charge in [-0.3, -0.25) is 9.36 Å². The molecule has 0 radical (unpaired) electrons. The second-order valence-electron chi connectivity index (χ2n) is 8.15. The molecule has 170 valence electrons. The molecule has 2 heterocycles. The Bertz CT molecular complexity index is 1470. The fourth-order valence-electron chi connectivity index (χ4n) is 4.14. The van der Waals surface area contributed by atoms with Gasteiger partial charge in [-0.05, 0) is 67.1 Å². The van der Waals surface area contributed by atoms with Crippen molar-refractivity contribution in [1.82, 2.24) is 19.1 Å². The molecule has 34 heavy (non-hydrogen) atoms. The van der Waals surface area contributed by atoms with Crippen LogP contribution in [0.5, 0.6) is 0 Å². The van der Waals surface area contributed by atoms with E-state index in [4.69, 9.17) is 0 Å². The molecule has 0 saturated carbocycles. The lowest BCUT2D eigenvalue weighted by molar-refractivity contribution is 0.102. The predicted octanol–water partition coefficient (Wildman–Crippen LogP) is 5.53. The first-order chi connectivity index (χ1) is 16.5. The summed E-state index contributed by atoms with van der Waals surface area (Å²) in [6.07, 6.45) is 4.67. The Kier molecular flexibility index (Phi) is 5.67. The molecule has 0 atom stereocenters. The number of nitrogens with zero attached hydrogens (tertiary/aromatic N) is 4. The Balaban J connectivity index is 1.36. The topological polar surface area (TPSA) is 64.7 Å². The van der Waals surface area contributed by atoms with E-state index >= 15 is 0 Å². The molecule has 0 unspecified atom stereocenters. The third kappa shape index (κ3) is 4.20. The number of benzene rings is 3. The third-order valence-electron chi connectivity index (χ3n) is 5.85. The normalized spacial score (nSPS) is 11.1. The van der Waals surface area contributed by atoms with E-state index in [1.807, 2.05) is 60.3 Å². The molecule has 0 aliphatic carbocycles. The molecular formula is C27H24FN5O. The molecule has 1 N–H and O–H groups in total. The van der Waals surface area contributed by atoms with Crippen LogP contribution in [0.25, 0.3) is 16.7 Å². The molecule has 5 aromatic rings. The van der Waals surface area contributed by atoms with Crippen LogP contribution in [0.1, 0.15) is 34.5 Å². The lowest BCUT2D eigenvalue weighted by atomic mass is 10.1. The fraction of sp³-hybridized carbons (Fsp3) is 0.148. The van der Waals surface area contributed by atoms with Crippen LogP contribution in [0.15, 0.2) is 79.1 Å². The highest BCUT2D eigenvalue weighted by atomic mass is 19.1. The maximum atomic E-state index is 13.4. The van der Waals surface area contributed by atoms with Crippen molar-refractivity contribution in [1.29, 1.82) is 0 Å². The highest BCUT2D eigenvalue weighted by Gasteiger charge is 2.14. The molecule has 5 rings (SSSR count). The minimum Gasteiger partial charge on any atom is -0.331 e. The lowest BCUT2D eigenvalue weighted by Gasteiger charge is -2.10. The smallest absolute Gasteiger partial charge is 0.255 e. The number of carbonyl (C=O) groups excluding carboxylic acids is 1. The second-order valence-corrected chi connectivity index (χ2v) is 8.15. The van der Waals surface area contributed by atoms with Crippen molar-refractivity contribution in [3.63, 3.8) is 0 Å². The minimum atomic E-state index is -0.298. The monoisotopic (exact) mass is 453 g/mol. The number of rotatable bonds is 6. The van der Waals surface area contributed by atoms with E-state index in [-0.39, 0.29) is 11.7 Å². The Labute approximate surface area is 196 Å². The summed E-state index contributed by atoms with van der Waals surface area (Å²) in [5.41, 5.74) is 4.72. The molecule has 3 aromatic carbocycles. The number of carbonyl (C=O) groups is 1. The van der Waals surface area contributed by atoms with Gasteiger partial charge in [-0.15, -0.1) is 0 Å². The molecule has 0 spiro atoms. The van der Waals surface area contributed by atoms with Gasteiger partial charge in [0.15, 0.2) is 0 Å². The summed E-state index contributed by atoms with van der Waals surface area (Å²) in [5.74, 6) is 1.30. The van der Waals surface area contributed by atoms with Gasteiger partial charge in [0.2, 0.25) is 0 Å². The molecule has 7 heteroatoms. The summed E-state index contributed by atoms with van der Waals surface area (Å²) in [7, 11) is 0. The zero-order chi connectivity index (χ0) is 23.7. The number of hydrogen-bond acceptors (Lipinski definition) is 3. The first kappa shape index (κ1) is 21.6. The van der Waals surface area contributed by atoms with Crippen molar-refractivity contribution < 1.29 is 9.18 Å². The van der Waals surface area contributed by atoms with E-state index in [0.717, 1.165) is 52.6 Å². The Morgan fingerprint density at radius 1 is 1.03 bits per heavy atom. The Morgan fingerprint density at radius 3 is 2.53 bits per heavy atom. The van der Waals surface area contributed by atoms with Crippen molar-refractivity contribution in [2.45, 2.75) is 26.8 Å². The van der Waals surface area contributed by atoms with Crippen LogP contribution in [0.2, 0.25) is 0 Å². The third-order valence-corrected chi connectivity index (χ3v) is 5.85. The SMILES string of the molecule is CCc1nccn1Cc1ccc(NC(=O)c2ccc3nc(C)n(-c4ccc(F)cc4)c3c2)cc1. The van der Waals surface area contributed by atoms with Crippen molar-refractivity contribution in [3.8, 4) is 5.69 Å². The number of nitrogens with one attached hydrogen (secondary N) is 1. The van der Waals surface area contributed by atoms with E-state index in [2.05, 4.69) is 26.8 Å². The highest BCUT2D eigenvalue weighted by molar-refractivity contribution is 6.06. The van der Waals surface area contributed by atoms with Gasteiger partial charge in [0, 0.05) is 42.3 Å². The number of halogens is 1. The van der Waals surface area contributed by atoms with E-state index in [1.165, 1.54) is 12.1 Å². The van der Waals surface area contributed by atoms with Crippen molar-refractivity contribution in [2.24, 2.45) is 0 Å². The number of anilines is 1. The number of imidazole rings is 2. The van der Waals surface area contributed by atoms with E-state index < -0.39 is 0 Å². The van der Waals surface area contributed by atoms with Crippen LogP contribution in [0, 0.1) is 12.7 Å². The van der Waals surface area contributed by atoms with Gasteiger partial charge in [0.05, 0.1) is 11.0 Å². The molecule has 6 nitrogen and oxygen atoms in total. The maximum Gasteiger partial charge on any atom is 0.255 e. The molecule has 0 bridgehead atoms. The molecular weight excluding hydrogens is 429 g/mol. The summed E-state index contributed by atoms with van der Waals surface area (Å²) in [6.45, 7) is 4.71.